The monoisotopic (exact) mass is 354 g/mol. The number of thiazole rings is 1. The van der Waals surface area contributed by atoms with E-state index in [2.05, 4.69) is 34.3 Å². The highest BCUT2D eigenvalue weighted by Crippen LogP contribution is 2.41. The summed E-state index contributed by atoms with van der Waals surface area (Å²) in [6.07, 6.45) is 3.27. The molecule has 0 unspecified atom stereocenters. The smallest absolute Gasteiger partial charge is 0.257 e. The molecule has 0 aliphatic heterocycles. The topological polar surface area (TPSA) is 90.4 Å². The summed E-state index contributed by atoms with van der Waals surface area (Å²) in [6, 6.07) is 5.58. The number of benzene rings is 1. The molecular weight excluding hydrogens is 336 g/mol. The molecule has 0 saturated carbocycles. The van der Waals surface area contributed by atoms with Crippen LogP contribution in [0.3, 0.4) is 0 Å². The van der Waals surface area contributed by atoms with Gasteiger partial charge in [-0.05, 0) is 42.0 Å². The highest BCUT2D eigenvalue weighted by atomic mass is 32.1. The third kappa shape index (κ3) is 2.60. The third-order valence-corrected chi connectivity index (χ3v) is 5.47. The van der Waals surface area contributed by atoms with Crippen LogP contribution in [0.15, 0.2) is 34.9 Å². The summed E-state index contributed by atoms with van der Waals surface area (Å²) in [4.78, 5) is 19.9. The fraction of sp³-hybridized carbons (Fsp3) is 0.278. The second-order valence-corrected chi connectivity index (χ2v) is 7.75. The summed E-state index contributed by atoms with van der Waals surface area (Å²) in [5.41, 5.74) is 4.09. The summed E-state index contributed by atoms with van der Waals surface area (Å²) in [7, 11) is 0. The summed E-state index contributed by atoms with van der Waals surface area (Å²) in [5, 5.41) is 19.0. The molecule has 4 rings (SSSR count). The van der Waals surface area contributed by atoms with Crippen LogP contribution in [0, 0.1) is 0 Å². The summed E-state index contributed by atoms with van der Waals surface area (Å²) < 4.78 is 0. The number of amides is 1. The number of carbonyl (C=O) groups excluding carboxylic acids is 1. The van der Waals surface area contributed by atoms with E-state index >= 15 is 0 Å². The van der Waals surface area contributed by atoms with E-state index in [1.54, 1.807) is 12.3 Å². The van der Waals surface area contributed by atoms with E-state index in [9.17, 15) is 10.0 Å². The first-order valence-electron chi connectivity index (χ1n) is 8.08. The number of H-pyrrole nitrogens is 1. The second-order valence-electron chi connectivity index (χ2n) is 6.86. The Labute approximate surface area is 148 Å². The number of anilines is 1. The Bertz CT molecular complexity index is 986. The van der Waals surface area contributed by atoms with Crippen molar-refractivity contribution in [3.63, 3.8) is 0 Å². The maximum atomic E-state index is 12.5. The van der Waals surface area contributed by atoms with Crippen LogP contribution in [0.25, 0.3) is 10.9 Å². The Morgan fingerprint density at radius 2 is 2.28 bits per heavy atom. The van der Waals surface area contributed by atoms with E-state index < -0.39 is 0 Å². The predicted molar refractivity (Wildman–Crippen MR) is 98.9 cm³/mol. The minimum Gasteiger partial charge on any atom is -0.411 e. The van der Waals surface area contributed by atoms with Crippen molar-refractivity contribution in [2.75, 3.05) is 5.32 Å². The number of hydrogen-bond acceptors (Lipinski definition) is 5. The van der Waals surface area contributed by atoms with Gasteiger partial charge in [-0.1, -0.05) is 19.0 Å². The zero-order chi connectivity index (χ0) is 17.6. The van der Waals surface area contributed by atoms with Crippen molar-refractivity contribution in [3.05, 3.63) is 46.6 Å². The Balaban J connectivity index is 1.82. The maximum Gasteiger partial charge on any atom is 0.257 e. The zero-order valence-electron chi connectivity index (χ0n) is 14.0. The third-order valence-electron chi connectivity index (χ3n) is 4.79. The first kappa shape index (κ1) is 15.8. The molecule has 1 aromatic carbocycles. The van der Waals surface area contributed by atoms with Gasteiger partial charge < -0.3 is 10.2 Å². The van der Waals surface area contributed by atoms with Crippen LogP contribution in [0.2, 0.25) is 0 Å². The molecule has 0 radical (unpaired) electrons. The molecule has 0 atom stereocenters. The largest absolute Gasteiger partial charge is 0.411 e. The van der Waals surface area contributed by atoms with Gasteiger partial charge in [0.15, 0.2) is 5.13 Å². The number of rotatable bonds is 2. The number of hydrogen-bond donors (Lipinski definition) is 3. The van der Waals surface area contributed by atoms with Gasteiger partial charge in [-0.25, -0.2) is 4.98 Å². The molecule has 1 aliphatic rings. The normalized spacial score (nSPS) is 17.6. The van der Waals surface area contributed by atoms with E-state index in [1.807, 2.05) is 17.5 Å². The SMILES string of the molecule is CC1(C)CCC(=NO)c2[nH]c3ccc(C(=O)Nc4nccs4)cc3c21. The lowest BCUT2D eigenvalue weighted by molar-refractivity contribution is 0.102. The molecule has 2 aromatic heterocycles. The van der Waals surface area contributed by atoms with Crippen molar-refractivity contribution in [2.45, 2.75) is 32.1 Å². The highest BCUT2D eigenvalue weighted by molar-refractivity contribution is 7.13. The van der Waals surface area contributed by atoms with E-state index in [4.69, 9.17) is 0 Å². The fourth-order valence-electron chi connectivity index (χ4n) is 3.49. The van der Waals surface area contributed by atoms with Crippen LogP contribution in [0.1, 0.15) is 48.3 Å². The number of aromatic nitrogens is 2. The average molecular weight is 354 g/mol. The molecule has 3 aromatic rings. The number of carbonyl (C=O) groups is 1. The van der Waals surface area contributed by atoms with Crippen LogP contribution in [0.5, 0.6) is 0 Å². The number of nitrogens with zero attached hydrogens (tertiary/aromatic N) is 2. The fourth-order valence-corrected chi connectivity index (χ4v) is 4.01. The molecule has 1 amide bonds. The molecule has 0 spiro atoms. The van der Waals surface area contributed by atoms with Gasteiger partial charge in [0.1, 0.15) is 5.71 Å². The van der Waals surface area contributed by atoms with Gasteiger partial charge in [0.25, 0.3) is 5.91 Å². The second kappa shape index (κ2) is 5.70. The molecule has 3 N–H and O–H groups in total. The quantitative estimate of drug-likeness (QED) is 0.477. The molecule has 128 valence electrons. The van der Waals surface area contributed by atoms with Gasteiger partial charge in [0.2, 0.25) is 0 Å². The van der Waals surface area contributed by atoms with E-state index in [1.165, 1.54) is 11.3 Å². The van der Waals surface area contributed by atoms with Crippen molar-refractivity contribution >= 4 is 39.0 Å². The Morgan fingerprint density at radius 1 is 1.44 bits per heavy atom. The minimum absolute atomic E-state index is 0.0633. The molecule has 7 heteroatoms. The summed E-state index contributed by atoms with van der Waals surface area (Å²) in [6.45, 7) is 4.35. The predicted octanol–water partition coefficient (Wildman–Crippen LogP) is 4.13. The molecular formula is C18H18N4O2S. The highest BCUT2D eigenvalue weighted by Gasteiger charge is 2.34. The van der Waals surface area contributed by atoms with Crippen LogP contribution >= 0.6 is 11.3 Å². The number of oxime groups is 1. The van der Waals surface area contributed by atoms with E-state index in [0.29, 0.717) is 16.4 Å². The molecule has 25 heavy (non-hydrogen) atoms. The first-order valence-corrected chi connectivity index (χ1v) is 8.96. The number of nitrogens with one attached hydrogen (secondary N) is 2. The molecule has 6 nitrogen and oxygen atoms in total. The summed E-state index contributed by atoms with van der Waals surface area (Å²) in [5.74, 6) is -0.184. The Kier molecular flexibility index (Phi) is 3.61. The number of aromatic amines is 1. The summed E-state index contributed by atoms with van der Waals surface area (Å²) >= 11 is 1.38. The Morgan fingerprint density at radius 3 is 3.00 bits per heavy atom. The Hall–Kier alpha value is -2.67. The van der Waals surface area contributed by atoms with Crippen molar-refractivity contribution in [3.8, 4) is 0 Å². The van der Waals surface area contributed by atoms with E-state index in [-0.39, 0.29) is 11.3 Å². The van der Waals surface area contributed by atoms with E-state index in [0.717, 1.165) is 35.0 Å². The van der Waals surface area contributed by atoms with Crippen LogP contribution < -0.4 is 5.32 Å². The van der Waals surface area contributed by atoms with Crippen molar-refractivity contribution in [2.24, 2.45) is 5.16 Å². The lowest BCUT2D eigenvalue weighted by Crippen LogP contribution is -2.27. The minimum atomic E-state index is -0.184. The van der Waals surface area contributed by atoms with Crippen LogP contribution in [-0.4, -0.2) is 26.8 Å². The van der Waals surface area contributed by atoms with Gasteiger partial charge in [-0.2, -0.15) is 0 Å². The number of fused-ring (bicyclic) bond motifs is 3. The lowest BCUT2D eigenvalue weighted by Gasteiger charge is -2.30. The van der Waals surface area contributed by atoms with Crippen molar-refractivity contribution < 1.29 is 10.0 Å². The molecule has 0 saturated heterocycles. The van der Waals surface area contributed by atoms with Gasteiger partial charge in [0, 0.05) is 28.0 Å². The molecule has 1 aliphatic carbocycles. The molecule has 0 bridgehead atoms. The maximum absolute atomic E-state index is 12.5. The van der Waals surface area contributed by atoms with Gasteiger partial charge in [-0.15, -0.1) is 11.3 Å². The van der Waals surface area contributed by atoms with Crippen LogP contribution in [0.4, 0.5) is 5.13 Å². The zero-order valence-corrected chi connectivity index (χ0v) is 14.8. The lowest BCUT2D eigenvalue weighted by atomic mass is 9.73. The van der Waals surface area contributed by atoms with Gasteiger partial charge in [-0.3, -0.25) is 10.1 Å². The van der Waals surface area contributed by atoms with Crippen molar-refractivity contribution in [1.29, 1.82) is 0 Å². The molecule has 0 fully saturated rings. The first-order chi connectivity index (χ1) is 12.0. The van der Waals surface area contributed by atoms with Crippen molar-refractivity contribution in [1.82, 2.24) is 9.97 Å². The standard InChI is InChI=1S/C18H18N4O2S/c1-18(2)6-5-13(22-24)15-14(18)11-9-10(3-4-12(11)20-15)16(23)21-17-19-7-8-25-17/h3-4,7-9,20,24H,5-6H2,1-2H3,(H,19,21,23). The molecule has 2 heterocycles. The van der Waals surface area contributed by atoms with Gasteiger partial charge in [0.05, 0.1) is 5.69 Å². The van der Waals surface area contributed by atoms with Crippen LogP contribution in [-0.2, 0) is 5.41 Å². The van der Waals surface area contributed by atoms with Gasteiger partial charge >= 0.3 is 0 Å². The average Bonchev–Trinajstić information content (AvgIpc) is 3.21.